The van der Waals surface area contributed by atoms with Crippen molar-refractivity contribution in [3.63, 3.8) is 0 Å². The Bertz CT molecular complexity index is 1180. The van der Waals surface area contributed by atoms with Gasteiger partial charge in [0.2, 0.25) is 0 Å². The molecular formula is C31H44O8. The van der Waals surface area contributed by atoms with Crippen molar-refractivity contribution < 1.29 is 38.9 Å². The fourth-order valence-electron chi connectivity index (χ4n) is 9.08. The summed E-state index contributed by atoms with van der Waals surface area (Å²) in [5.74, 6) is -3.10. The van der Waals surface area contributed by atoms with Crippen LogP contribution in [0.2, 0.25) is 0 Å². The quantitative estimate of drug-likeness (QED) is 0.485. The molecule has 4 aliphatic carbocycles. The molecule has 0 radical (unpaired) electrons. The highest BCUT2D eigenvalue weighted by atomic mass is 16.5. The second-order valence-corrected chi connectivity index (χ2v) is 14.2. The van der Waals surface area contributed by atoms with E-state index in [0.29, 0.717) is 24.0 Å². The van der Waals surface area contributed by atoms with E-state index in [-0.39, 0.29) is 61.2 Å². The van der Waals surface area contributed by atoms with Gasteiger partial charge in [0.05, 0.1) is 30.1 Å². The summed E-state index contributed by atoms with van der Waals surface area (Å²) in [6.45, 7) is 12.5. The van der Waals surface area contributed by atoms with Crippen molar-refractivity contribution in [3.05, 3.63) is 11.1 Å². The fraction of sp³-hybridized carbons (Fsp3) is 0.774. The van der Waals surface area contributed by atoms with Gasteiger partial charge in [0.1, 0.15) is 11.6 Å². The molecule has 0 amide bonds. The molecule has 2 N–H and O–H groups in total. The summed E-state index contributed by atoms with van der Waals surface area (Å²) in [5, 5.41) is 22.5. The van der Waals surface area contributed by atoms with Crippen LogP contribution in [-0.2, 0) is 28.7 Å². The Kier molecular flexibility index (Phi) is 7.00. The van der Waals surface area contributed by atoms with E-state index in [1.54, 1.807) is 20.8 Å². The number of ether oxygens (including phenoxy) is 1. The van der Waals surface area contributed by atoms with E-state index in [9.17, 15) is 34.2 Å². The molecule has 0 aromatic heterocycles. The van der Waals surface area contributed by atoms with Crippen LogP contribution < -0.4 is 0 Å². The fourth-order valence-corrected chi connectivity index (χ4v) is 9.08. The first-order valence-electron chi connectivity index (χ1n) is 14.1. The molecule has 0 saturated heterocycles. The molecular weight excluding hydrogens is 500 g/mol. The van der Waals surface area contributed by atoms with Gasteiger partial charge in [0.15, 0.2) is 11.6 Å². The average molecular weight is 545 g/mol. The van der Waals surface area contributed by atoms with Crippen molar-refractivity contribution in [2.45, 2.75) is 105 Å². The Morgan fingerprint density at radius 2 is 1.67 bits per heavy atom. The number of carbonyl (C=O) groups is 5. The summed E-state index contributed by atoms with van der Waals surface area (Å²) in [7, 11) is 1.25. The molecule has 2 fully saturated rings. The van der Waals surface area contributed by atoms with Gasteiger partial charge in [-0.25, -0.2) is 0 Å². The number of methoxy groups -OCH3 is 1. The predicted octanol–water partition coefficient (Wildman–Crippen LogP) is 3.54. The highest BCUT2D eigenvalue weighted by Crippen LogP contribution is 2.70. The summed E-state index contributed by atoms with van der Waals surface area (Å²) >= 11 is 0. The minimum atomic E-state index is -1.63. The number of aliphatic hydroxyl groups is 2. The van der Waals surface area contributed by atoms with Crippen LogP contribution >= 0.6 is 0 Å². The van der Waals surface area contributed by atoms with Gasteiger partial charge >= 0.3 is 5.97 Å². The summed E-state index contributed by atoms with van der Waals surface area (Å²) in [6.07, 6.45) is 0.164. The van der Waals surface area contributed by atoms with Gasteiger partial charge in [-0.2, -0.15) is 0 Å². The Morgan fingerprint density at radius 1 is 1.05 bits per heavy atom. The van der Waals surface area contributed by atoms with Gasteiger partial charge in [-0.1, -0.05) is 34.6 Å². The largest absolute Gasteiger partial charge is 0.469 e. The van der Waals surface area contributed by atoms with E-state index in [2.05, 4.69) is 0 Å². The number of aliphatic hydroxyl groups excluding tert-OH is 1. The molecule has 0 aliphatic heterocycles. The second-order valence-electron chi connectivity index (χ2n) is 14.2. The second kappa shape index (κ2) is 9.16. The van der Waals surface area contributed by atoms with Crippen molar-refractivity contribution >= 4 is 29.1 Å². The van der Waals surface area contributed by atoms with Crippen LogP contribution in [0.3, 0.4) is 0 Å². The van der Waals surface area contributed by atoms with Crippen molar-refractivity contribution in [3.8, 4) is 0 Å². The molecule has 0 heterocycles. The Labute approximate surface area is 230 Å². The van der Waals surface area contributed by atoms with E-state index in [4.69, 9.17) is 4.74 Å². The van der Waals surface area contributed by atoms with E-state index in [0.717, 1.165) is 0 Å². The summed E-state index contributed by atoms with van der Waals surface area (Å²) < 4.78 is 4.71. The number of hydrogen-bond acceptors (Lipinski definition) is 8. The normalized spacial score (nSPS) is 39.8. The Hall–Kier alpha value is -2.19. The molecule has 8 atom stereocenters. The van der Waals surface area contributed by atoms with Gasteiger partial charge in [-0.05, 0) is 43.4 Å². The SMILES string of the molecule is COC(=O)C(C)CC(=O)CC(C)(O)C1CC(=O)C2(C)C3=C(C(=O)CC12C)C1(C)CCC(O)C(C)(C)C1CC3=O. The predicted molar refractivity (Wildman–Crippen MR) is 142 cm³/mol. The third kappa shape index (κ3) is 4.03. The third-order valence-corrected chi connectivity index (χ3v) is 11.6. The molecule has 0 bridgehead atoms. The Balaban J connectivity index is 1.76. The molecule has 0 aromatic rings. The molecule has 8 unspecified atom stereocenters. The lowest BCUT2D eigenvalue weighted by atomic mass is 9.42. The Morgan fingerprint density at radius 3 is 2.26 bits per heavy atom. The van der Waals surface area contributed by atoms with Crippen LogP contribution in [0.4, 0.5) is 0 Å². The molecule has 39 heavy (non-hydrogen) atoms. The lowest BCUT2D eigenvalue weighted by Gasteiger charge is -2.60. The molecule has 0 aromatic carbocycles. The molecule has 2 saturated carbocycles. The van der Waals surface area contributed by atoms with Crippen LogP contribution in [0, 0.1) is 39.4 Å². The van der Waals surface area contributed by atoms with Crippen molar-refractivity contribution in [2.75, 3.05) is 7.11 Å². The maximum atomic E-state index is 14.1. The number of ketones is 4. The minimum Gasteiger partial charge on any atom is -0.469 e. The lowest BCUT2D eigenvalue weighted by molar-refractivity contribution is -0.150. The molecule has 4 aliphatic rings. The highest BCUT2D eigenvalue weighted by molar-refractivity contribution is 6.16. The van der Waals surface area contributed by atoms with Gasteiger partial charge < -0.3 is 14.9 Å². The number of esters is 1. The number of Topliss-reactive ketones (excluding diaryl/α,β-unsaturated/α-hetero) is 4. The van der Waals surface area contributed by atoms with Crippen molar-refractivity contribution in [1.29, 1.82) is 0 Å². The maximum Gasteiger partial charge on any atom is 0.308 e. The monoisotopic (exact) mass is 544 g/mol. The van der Waals surface area contributed by atoms with Crippen LogP contribution in [0.5, 0.6) is 0 Å². The van der Waals surface area contributed by atoms with Crippen LogP contribution in [0.1, 0.15) is 93.4 Å². The van der Waals surface area contributed by atoms with Gasteiger partial charge in [0, 0.05) is 54.6 Å². The first-order chi connectivity index (χ1) is 17.8. The van der Waals surface area contributed by atoms with E-state index in [1.807, 2.05) is 20.8 Å². The zero-order valence-electron chi connectivity index (χ0n) is 24.6. The van der Waals surface area contributed by atoms with Crippen molar-refractivity contribution in [1.82, 2.24) is 0 Å². The van der Waals surface area contributed by atoms with Gasteiger partial charge in [-0.3, -0.25) is 24.0 Å². The zero-order chi connectivity index (χ0) is 29.5. The van der Waals surface area contributed by atoms with Gasteiger partial charge in [0.25, 0.3) is 0 Å². The molecule has 0 spiro atoms. The lowest BCUT2D eigenvalue weighted by Crippen LogP contribution is -2.60. The maximum absolute atomic E-state index is 14.1. The first kappa shape index (κ1) is 29.8. The smallest absolute Gasteiger partial charge is 0.308 e. The van der Waals surface area contributed by atoms with Gasteiger partial charge in [-0.15, -0.1) is 0 Å². The number of carbonyl (C=O) groups excluding carboxylic acids is 5. The van der Waals surface area contributed by atoms with Crippen molar-refractivity contribution in [2.24, 2.45) is 39.4 Å². The number of allylic oxidation sites excluding steroid dienone is 2. The highest BCUT2D eigenvalue weighted by Gasteiger charge is 2.72. The standard InChI is InChI=1S/C31H44O8/c1-16(26(37)39-8)11-17(32)14-30(6,38)21-13-23(36)31(7)25-18(33)12-20-27(2,3)22(35)9-10-28(20,4)24(25)19(34)15-29(21,31)5/h16,20-22,35,38H,9-15H2,1-8H3. The summed E-state index contributed by atoms with van der Waals surface area (Å²) in [4.78, 5) is 66.7. The summed E-state index contributed by atoms with van der Waals surface area (Å²) in [6, 6.07) is 0. The third-order valence-electron chi connectivity index (χ3n) is 11.6. The average Bonchev–Trinajstić information content (AvgIpc) is 3.03. The minimum absolute atomic E-state index is 0.0137. The number of rotatable bonds is 6. The van der Waals surface area contributed by atoms with Crippen LogP contribution in [-0.4, -0.2) is 58.1 Å². The van der Waals surface area contributed by atoms with Crippen LogP contribution in [0.15, 0.2) is 11.1 Å². The molecule has 216 valence electrons. The van der Waals surface area contributed by atoms with E-state index < -0.39 is 51.2 Å². The zero-order valence-corrected chi connectivity index (χ0v) is 24.6. The first-order valence-corrected chi connectivity index (χ1v) is 14.1. The molecule has 4 rings (SSSR count). The molecule has 8 nitrogen and oxygen atoms in total. The number of fused-ring (bicyclic) bond motifs is 4. The van der Waals surface area contributed by atoms with Crippen LogP contribution in [0.25, 0.3) is 0 Å². The van der Waals surface area contributed by atoms with E-state index in [1.165, 1.54) is 14.0 Å². The topological polar surface area (TPSA) is 135 Å². The van der Waals surface area contributed by atoms with E-state index >= 15 is 0 Å². The summed E-state index contributed by atoms with van der Waals surface area (Å²) in [5.41, 5.74) is -4.46. The molecule has 8 heteroatoms. The number of hydrogen-bond donors (Lipinski definition) is 2.